The molecule has 1 aromatic carbocycles. The highest BCUT2D eigenvalue weighted by molar-refractivity contribution is 6.10. The monoisotopic (exact) mass is 326 g/mol. The number of hydrogen-bond acceptors (Lipinski definition) is 4. The third kappa shape index (κ3) is 3.33. The van der Waals surface area contributed by atoms with Crippen LogP contribution in [0.1, 0.15) is 12.0 Å². The first-order valence-electron chi connectivity index (χ1n) is 8.28. The van der Waals surface area contributed by atoms with Crippen molar-refractivity contribution in [3.05, 3.63) is 78.8 Å². The second kappa shape index (κ2) is 6.69. The normalized spacial score (nSPS) is 13.5. The zero-order valence-electron chi connectivity index (χ0n) is 13.8. The molecule has 0 saturated heterocycles. The van der Waals surface area contributed by atoms with Crippen LogP contribution in [0.2, 0.25) is 0 Å². The molecule has 1 aliphatic rings. The number of benzene rings is 1. The molecule has 0 unspecified atom stereocenters. The van der Waals surface area contributed by atoms with E-state index in [2.05, 4.69) is 45.3 Å². The van der Waals surface area contributed by atoms with Gasteiger partial charge in [0.25, 0.3) is 0 Å². The van der Waals surface area contributed by atoms with E-state index in [1.807, 2.05) is 36.7 Å². The van der Waals surface area contributed by atoms with Crippen molar-refractivity contribution in [2.24, 2.45) is 4.99 Å². The third-order valence-electron chi connectivity index (χ3n) is 4.14. The predicted molar refractivity (Wildman–Crippen MR) is 102 cm³/mol. The van der Waals surface area contributed by atoms with Crippen LogP contribution in [0, 0.1) is 0 Å². The summed E-state index contributed by atoms with van der Waals surface area (Å²) >= 11 is 0. The minimum absolute atomic E-state index is 0.650. The van der Waals surface area contributed by atoms with E-state index in [0.717, 1.165) is 46.6 Å². The maximum Gasteiger partial charge on any atom is 0.0702 e. The Balaban J connectivity index is 1.89. The fourth-order valence-electron chi connectivity index (χ4n) is 2.93. The fraction of sp³-hybridized carbons (Fsp3) is 0.0952. The molecule has 3 heterocycles. The van der Waals surface area contributed by atoms with Crippen molar-refractivity contribution in [2.75, 3.05) is 12.3 Å². The highest BCUT2D eigenvalue weighted by atomic mass is 14.7. The predicted octanol–water partition coefficient (Wildman–Crippen LogP) is 4.14. The van der Waals surface area contributed by atoms with Crippen LogP contribution in [0.5, 0.6) is 0 Å². The van der Waals surface area contributed by atoms with Crippen LogP contribution in [0.15, 0.2) is 78.2 Å². The molecule has 0 saturated carbocycles. The van der Waals surface area contributed by atoms with Gasteiger partial charge in [-0.05, 0) is 54.5 Å². The molecule has 3 aromatic rings. The molecule has 0 atom stereocenters. The van der Waals surface area contributed by atoms with Gasteiger partial charge in [0.15, 0.2) is 0 Å². The van der Waals surface area contributed by atoms with Crippen molar-refractivity contribution in [1.29, 1.82) is 0 Å². The summed E-state index contributed by atoms with van der Waals surface area (Å²) in [5.41, 5.74) is 12.7. The van der Waals surface area contributed by atoms with Crippen molar-refractivity contribution < 1.29 is 0 Å². The molecule has 4 rings (SSSR count). The number of hydrogen-bond donors (Lipinski definition) is 1. The number of nitrogen functional groups attached to an aromatic ring is 1. The van der Waals surface area contributed by atoms with Crippen molar-refractivity contribution in [1.82, 2.24) is 9.97 Å². The lowest BCUT2D eigenvalue weighted by atomic mass is 9.96. The maximum atomic E-state index is 5.92. The Morgan fingerprint density at radius 2 is 1.76 bits per heavy atom. The number of nitrogens with two attached hydrogens (primary N) is 1. The highest BCUT2D eigenvalue weighted by Gasteiger charge is 2.10. The lowest BCUT2D eigenvalue weighted by molar-refractivity contribution is 0.994. The van der Waals surface area contributed by atoms with Crippen molar-refractivity contribution in [2.45, 2.75) is 6.42 Å². The molecular formula is C21H18N4. The second-order valence-electron chi connectivity index (χ2n) is 5.98. The summed E-state index contributed by atoms with van der Waals surface area (Å²) in [6.45, 7) is 0.828. The molecule has 2 N–H and O–H groups in total. The molecule has 0 fully saturated rings. The summed E-state index contributed by atoms with van der Waals surface area (Å²) in [7, 11) is 0. The van der Waals surface area contributed by atoms with Gasteiger partial charge >= 0.3 is 0 Å². The summed E-state index contributed by atoms with van der Waals surface area (Å²) < 4.78 is 0. The molecule has 0 spiro atoms. The van der Waals surface area contributed by atoms with E-state index in [9.17, 15) is 0 Å². The first kappa shape index (κ1) is 15.3. The average Bonchev–Trinajstić information content (AvgIpc) is 2.69. The largest absolute Gasteiger partial charge is 0.397 e. The number of pyridine rings is 2. The van der Waals surface area contributed by atoms with Crippen molar-refractivity contribution in [3.63, 3.8) is 0 Å². The Morgan fingerprint density at radius 1 is 0.880 bits per heavy atom. The molecule has 122 valence electrons. The third-order valence-corrected chi connectivity index (χ3v) is 4.14. The maximum absolute atomic E-state index is 5.92. The number of aromatic nitrogens is 2. The quantitative estimate of drug-likeness (QED) is 0.786. The van der Waals surface area contributed by atoms with E-state index in [1.54, 1.807) is 6.20 Å². The van der Waals surface area contributed by atoms with Crippen LogP contribution in [0.4, 0.5) is 5.69 Å². The topological polar surface area (TPSA) is 64.2 Å². The van der Waals surface area contributed by atoms with Crippen LogP contribution in [0.3, 0.4) is 0 Å². The minimum atomic E-state index is 0.650. The van der Waals surface area contributed by atoms with Crippen molar-refractivity contribution >= 4 is 11.4 Å². The zero-order chi connectivity index (χ0) is 17.1. The summed E-state index contributed by atoms with van der Waals surface area (Å²) in [5.74, 6) is 0. The number of aliphatic imine (C=N–C) groups is 1. The van der Waals surface area contributed by atoms with Gasteiger partial charge in [-0.1, -0.05) is 12.1 Å². The minimum Gasteiger partial charge on any atom is -0.397 e. The fourth-order valence-corrected chi connectivity index (χ4v) is 2.93. The van der Waals surface area contributed by atoms with Gasteiger partial charge in [0.05, 0.1) is 17.1 Å². The van der Waals surface area contributed by atoms with E-state index < -0.39 is 0 Å². The Hall–Kier alpha value is -3.27. The molecule has 4 nitrogen and oxygen atoms in total. The zero-order valence-corrected chi connectivity index (χ0v) is 13.8. The summed E-state index contributed by atoms with van der Waals surface area (Å²) in [4.78, 5) is 13.4. The van der Waals surface area contributed by atoms with Gasteiger partial charge < -0.3 is 5.73 Å². The van der Waals surface area contributed by atoms with Crippen LogP contribution in [-0.4, -0.2) is 22.2 Å². The molecule has 0 aliphatic carbocycles. The number of rotatable bonds is 3. The van der Waals surface area contributed by atoms with Gasteiger partial charge in [0, 0.05) is 41.8 Å². The number of nitrogens with zero attached hydrogens (tertiary/aromatic N) is 3. The summed E-state index contributed by atoms with van der Waals surface area (Å²) in [6, 6.07) is 14.3. The first-order valence-corrected chi connectivity index (χ1v) is 8.28. The van der Waals surface area contributed by atoms with Crippen molar-refractivity contribution in [3.8, 4) is 22.4 Å². The molecular weight excluding hydrogens is 308 g/mol. The van der Waals surface area contributed by atoms with Gasteiger partial charge in [-0.3, -0.25) is 15.0 Å². The van der Waals surface area contributed by atoms with Gasteiger partial charge in [0.1, 0.15) is 0 Å². The molecule has 25 heavy (non-hydrogen) atoms. The number of anilines is 1. The number of allylic oxidation sites excluding steroid dienone is 1. The summed E-state index contributed by atoms with van der Waals surface area (Å²) in [6.07, 6.45) is 10.5. The Bertz CT molecular complexity index is 959. The van der Waals surface area contributed by atoms with Crippen LogP contribution >= 0.6 is 0 Å². The van der Waals surface area contributed by atoms with Crippen LogP contribution in [0.25, 0.3) is 22.4 Å². The molecule has 0 radical (unpaired) electrons. The molecule has 0 amide bonds. The van der Waals surface area contributed by atoms with Gasteiger partial charge in [-0.2, -0.15) is 0 Å². The Labute approximate surface area is 146 Å². The second-order valence-corrected chi connectivity index (χ2v) is 5.98. The van der Waals surface area contributed by atoms with E-state index in [-0.39, 0.29) is 0 Å². The number of dihydropyridines is 1. The van der Waals surface area contributed by atoms with Crippen LogP contribution in [-0.2, 0) is 0 Å². The molecule has 4 heteroatoms. The SMILES string of the molecule is Nc1cncc(-c2cc(C3=NCCC=C3)cc(-c3ccccn3)c2)c1. The Morgan fingerprint density at radius 3 is 2.52 bits per heavy atom. The van der Waals surface area contributed by atoms with Gasteiger partial charge in [-0.25, -0.2) is 0 Å². The smallest absolute Gasteiger partial charge is 0.0702 e. The lowest BCUT2D eigenvalue weighted by Gasteiger charge is -2.12. The molecule has 1 aliphatic heterocycles. The van der Waals surface area contributed by atoms with E-state index >= 15 is 0 Å². The van der Waals surface area contributed by atoms with Gasteiger partial charge in [0.2, 0.25) is 0 Å². The average molecular weight is 326 g/mol. The van der Waals surface area contributed by atoms with Gasteiger partial charge in [-0.15, -0.1) is 0 Å². The van der Waals surface area contributed by atoms with E-state index in [1.165, 1.54) is 0 Å². The molecule has 0 bridgehead atoms. The van der Waals surface area contributed by atoms with Crippen LogP contribution < -0.4 is 5.73 Å². The highest BCUT2D eigenvalue weighted by Crippen LogP contribution is 2.28. The van der Waals surface area contributed by atoms with E-state index in [4.69, 9.17) is 5.73 Å². The summed E-state index contributed by atoms with van der Waals surface area (Å²) in [5, 5.41) is 0. The standard InChI is InChI=1S/C21H18N4/c22-19-12-18(13-23-14-19)15-9-16(20-5-1-3-7-24-20)11-17(10-15)21-6-2-4-8-25-21/h1-3,5-7,9-14H,4,8,22H2. The van der Waals surface area contributed by atoms with E-state index in [0.29, 0.717) is 5.69 Å². The molecule has 2 aromatic heterocycles. The Kier molecular flexibility index (Phi) is 4.09. The first-order chi connectivity index (χ1) is 12.3. The lowest BCUT2D eigenvalue weighted by Crippen LogP contribution is -2.03.